The highest BCUT2D eigenvalue weighted by molar-refractivity contribution is 7.12. The third-order valence-electron chi connectivity index (χ3n) is 3.66. The summed E-state index contributed by atoms with van der Waals surface area (Å²) in [5.74, 6) is 1.16. The van der Waals surface area contributed by atoms with E-state index in [4.69, 9.17) is 10.7 Å². The highest BCUT2D eigenvalue weighted by Crippen LogP contribution is 2.43. The predicted octanol–water partition coefficient (Wildman–Crippen LogP) is 4.34. The van der Waals surface area contributed by atoms with Gasteiger partial charge >= 0.3 is 0 Å². The Morgan fingerprint density at radius 3 is 2.47 bits per heavy atom. The van der Waals surface area contributed by atoms with E-state index in [1.54, 1.807) is 11.3 Å². The lowest BCUT2D eigenvalue weighted by Crippen LogP contribution is -2.11. The fraction of sp³-hybridized carbons (Fsp3) is 0.438. The molecule has 0 aliphatic heterocycles. The fourth-order valence-electron chi connectivity index (χ4n) is 2.34. The second kappa shape index (κ2) is 5.06. The first-order valence-electron chi connectivity index (χ1n) is 6.98. The monoisotopic (exact) mass is 272 g/mol. The van der Waals surface area contributed by atoms with Gasteiger partial charge in [-0.15, -0.1) is 11.3 Å². The Bertz CT molecular complexity index is 555. The summed E-state index contributed by atoms with van der Waals surface area (Å²) in [4.78, 5) is 6.22. The number of hydrogen-bond acceptors (Lipinski definition) is 3. The first-order chi connectivity index (χ1) is 9.16. The SMILES string of the molecule is CC(C)c1sc(C(N)C2CC2)nc1-c1ccccc1. The van der Waals surface area contributed by atoms with E-state index in [1.807, 2.05) is 6.07 Å². The van der Waals surface area contributed by atoms with Crippen molar-refractivity contribution in [1.82, 2.24) is 4.98 Å². The van der Waals surface area contributed by atoms with Crippen LogP contribution in [0.3, 0.4) is 0 Å². The summed E-state index contributed by atoms with van der Waals surface area (Å²) in [5.41, 5.74) is 8.65. The second-order valence-electron chi connectivity index (χ2n) is 5.65. The number of benzene rings is 1. The Kier molecular flexibility index (Phi) is 3.42. The van der Waals surface area contributed by atoms with Crippen LogP contribution in [-0.4, -0.2) is 4.98 Å². The van der Waals surface area contributed by atoms with Crippen molar-refractivity contribution in [1.29, 1.82) is 0 Å². The van der Waals surface area contributed by atoms with Crippen molar-refractivity contribution in [3.8, 4) is 11.3 Å². The van der Waals surface area contributed by atoms with Crippen LogP contribution in [0.1, 0.15) is 48.5 Å². The molecule has 19 heavy (non-hydrogen) atoms. The van der Waals surface area contributed by atoms with Gasteiger partial charge in [-0.25, -0.2) is 4.98 Å². The molecule has 2 nitrogen and oxygen atoms in total. The highest BCUT2D eigenvalue weighted by Gasteiger charge is 2.32. The van der Waals surface area contributed by atoms with E-state index in [0.29, 0.717) is 11.8 Å². The van der Waals surface area contributed by atoms with Crippen molar-refractivity contribution >= 4 is 11.3 Å². The van der Waals surface area contributed by atoms with Crippen LogP contribution in [0.4, 0.5) is 0 Å². The van der Waals surface area contributed by atoms with Crippen LogP contribution in [0.5, 0.6) is 0 Å². The van der Waals surface area contributed by atoms with E-state index in [9.17, 15) is 0 Å². The van der Waals surface area contributed by atoms with E-state index in [-0.39, 0.29) is 6.04 Å². The van der Waals surface area contributed by atoms with Gasteiger partial charge in [-0.3, -0.25) is 0 Å². The largest absolute Gasteiger partial charge is 0.322 e. The summed E-state index contributed by atoms with van der Waals surface area (Å²) < 4.78 is 0. The molecule has 1 heterocycles. The van der Waals surface area contributed by atoms with Gasteiger partial charge in [0, 0.05) is 10.4 Å². The van der Waals surface area contributed by atoms with E-state index < -0.39 is 0 Å². The average Bonchev–Trinajstić information content (AvgIpc) is 3.17. The van der Waals surface area contributed by atoms with Gasteiger partial charge in [-0.2, -0.15) is 0 Å². The van der Waals surface area contributed by atoms with Gasteiger partial charge in [0.25, 0.3) is 0 Å². The molecule has 3 heteroatoms. The first kappa shape index (κ1) is 12.8. The number of rotatable bonds is 4. The summed E-state index contributed by atoms with van der Waals surface area (Å²) in [5, 5.41) is 1.12. The molecule has 0 spiro atoms. The molecule has 0 bridgehead atoms. The normalized spacial score (nSPS) is 16.8. The summed E-state index contributed by atoms with van der Waals surface area (Å²) >= 11 is 1.80. The summed E-state index contributed by atoms with van der Waals surface area (Å²) in [6, 6.07) is 10.6. The van der Waals surface area contributed by atoms with Gasteiger partial charge < -0.3 is 5.73 Å². The molecule has 1 fully saturated rings. The number of aromatic nitrogens is 1. The minimum Gasteiger partial charge on any atom is -0.322 e. The van der Waals surface area contributed by atoms with Gasteiger partial charge in [0.2, 0.25) is 0 Å². The summed E-state index contributed by atoms with van der Waals surface area (Å²) in [6.45, 7) is 4.46. The molecule has 2 N–H and O–H groups in total. The molecule has 0 saturated heterocycles. The van der Waals surface area contributed by atoms with Crippen molar-refractivity contribution in [2.75, 3.05) is 0 Å². The third kappa shape index (κ3) is 2.58. The molecule has 1 saturated carbocycles. The van der Waals surface area contributed by atoms with Gasteiger partial charge in [-0.1, -0.05) is 44.2 Å². The van der Waals surface area contributed by atoms with Gasteiger partial charge in [0.15, 0.2) is 0 Å². The molecule has 0 amide bonds. The zero-order valence-corrected chi connectivity index (χ0v) is 12.3. The molecule has 1 aliphatic carbocycles. The Morgan fingerprint density at radius 1 is 1.21 bits per heavy atom. The maximum Gasteiger partial charge on any atom is 0.111 e. The van der Waals surface area contributed by atoms with Crippen LogP contribution in [-0.2, 0) is 0 Å². The topological polar surface area (TPSA) is 38.9 Å². The van der Waals surface area contributed by atoms with Gasteiger partial charge in [0.05, 0.1) is 11.7 Å². The fourth-order valence-corrected chi connectivity index (χ4v) is 3.53. The van der Waals surface area contributed by atoms with E-state index in [0.717, 1.165) is 10.7 Å². The second-order valence-corrected chi connectivity index (χ2v) is 6.71. The quantitative estimate of drug-likeness (QED) is 0.899. The minimum atomic E-state index is 0.139. The molecule has 2 aromatic rings. The lowest BCUT2D eigenvalue weighted by Gasteiger charge is -2.04. The number of thiazole rings is 1. The van der Waals surface area contributed by atoms with Gasteiger partial charge in [-0.05, 0) is 24.7 Å². The molecular weight excluding hydrogens is 252 g/mol. The number of nitrogens with two attached hydrogens (primary N) is 1. The van der Waals surface area contributed by atoms with Crippen molar-refractivity contribution in [2.24, 2.45) is 11.7 Å². The molecule has 1 aromatic carbocycles. The molecule has 3 rings (SSSR count). The minimum absolute atomic E-state index is 0.139. The molecular formula is C16H20N2S. The molecule has 1 unspecified atom stereocenters. The van der Waals surface area contributed by atoms with Crippen LogP contribution in [0.2, 0.25) is 0 Å². The Morgan fingerprint density at radius 2 is 1.89 bits per heavy atom. The molecule has 1 aliphatic rings. The number of hydrogen-bond donors (Lipinski definition) is 1. The van der Waals surface area contributed by atoms with Crippen LogP contribution in [0.15, 0.2) is 30.3 Å². The summed E-state index contributed by atoms with van der Waals surface area (Å²) in [6.07, 6.45) is 2.52. The standard InChI is InChI=1S/C16H20N2S/c1-10(2)15-14(12-6-4-3-5-7-12)18-16(19-15)13(17)11-8-9-11/h3-7,10-11,13H,8-9,17H2,1-2H3. The first-order valence-corrected chi connectivity index (χ1v) is 7.80. The van der Waals surface area contributed by atoms with E-state index in [1.165, 1.54) is 23.3 Å². The predicted molar refractivity (Wildman–Crippen MR) is 81.3 cm³/mol. The van der Waals surface area contributed by atoms with Crippen LogP contribution >= 0.6 is 11.3 Å². The molecule has 0 radical (unpaired) electrons. The maximum atomic E-state index is 6.31. The average molecular weight is 272 g/mol. The molecule has 1 atom stereocenters. The van der Waals surface area contributed by atoms with Gasteiger partial charge in [0.1, 0.15) is 5.01 Å². The lowest BCUT2D eigenvalue weighted by molar-refractivity contribution is 0.629. The van der Waals surface area contributed by atoms with Crippen molar-refractivity contribution in [2.45, 2.75) is 38.6 Å². The van der Waals surface area contributed by atoms with Crippen molar-refractivity contribution in [3.05, 3.63) is 40.2 Å². The number of nitrogens with zero attached hydrogens (tertiary/aromatic N) is 1. The van der Waals surface area contributed by atoms with E-state index in [2.05, 4.69) is 38.1 Å². The maximum absolute atomic E-state index is 6.31. The zero-order chi connectivity index (χ0) is 13.4. The van der Waals surface area contributed by atoms with Crippen molar-refractivity contribution < 1.29 is 0 Å². The van der Waals surface area contributed by atoms with Crippen molar-refractivity contribution in [3.63, 3.8) is 0 Å². The van der Waals surface area contributed by atoms with Crippen LogP contribution in [0, 0.1) is 5.92 Å². The third-order valence-corrected chi connectivity index (χ3v) is 5.11. The highest BCUT2D eigenvalue weighted by atomic mass is 32.1. The zero-order valence-electron chi connectivity index (χ0n) is 11.5. The summed E-state index contributed by atoms with van der Waals surface area (Å²) in [7, 11) is 0. The smallest absolute Gasteiger partial charge is 0.111 e. The Balaban J connectivity index is 2.02. The van der Waals surface area contributed by atoms with Crippen LogP contribution < -0.4 is 5.73 Å². The van der Waals surface area contributed by atoms with E-state index >= 15 is 0 Å². The molecule has 100 valence electrons. The molecule has 1 aromatic heterocycles. The Labute approximate surface area is 118 Å². The Hall–Kier alpha value is -1.19. The lowest BCUT2D eigenvalue weighted by atomic mass is 10.1. The van der Waals surface area contributed by atoms with Crippen LogP contribution in [0.25, 0.3) is 11.3 Å².